The molecule has 6 nitrogen and oxygen atoms in total. The van der Waals surface area contributed by atoms with Crippen molar-refractivity contribution in [2.24, 2.45) is 5.92 Å². The molecule has 2 amide bonds. The van der Waals surface area contributed by atoms with Gasteiger partial charge in [-0.2, -0.15) is 0 Å². The number of ether oxygens (including phenoxy) is 2. The summed E-state index contributed by atoms with van der Waals surface area (Å²) in [5.74, 6) is 1.43. The number of benzene rings is 1. The number of rotatable bonds is 5. The number of carbonyl (C=O) groups is 2. The minimum atomic E-state index is -0.0630. The predicted molar refractivity (Wildman–Crippen MR) is 101 cm³/mol. The van der Waals surface area contributed by atoms with Crippen LogP contribution in [-0.2, 0) is 4.79 Å². The van der Waals surface area contributed by atoms with Crippen LogP contribution in [0.5, 0.6) is 11.5 Å². The summed E-state index contributed by atoms with van der Waals surface area (Å²) < 4.78 is 10.5. The minimum absolute atomic E-state index is 0.0226. The van der Waals surface area contributed by atoms with Crippen molar-refractivity contribution in [2.45, 2.75) is 20.8 Å². The molecule has 0 spiro atoms. The number of allylic oxidation sites excluding steroid dienone is 1. The van der Waals surface area contributed by atoms with Crippen LogP contribution in [-0.4, -0.2) is 62.0 Å². The van der Waals surface area contributed by atoms with Crippen molar-refractivity contribution in [3.05, 3.63) is 35.4 Å². The Kier molecular flexibility index (Phi) is 6.66. The van der Waals surface area contributed by atoms with Crippen LogP contribution in [0.2, 0.25) is 0 Å². The van der Waals surface area contributed by atoms with Crippen LogP contribution >= 0.6 is 0 Å². The fourth-order valence-electron chi connectivity index (χ4n) is 2.73. The quantitative estimate of drug-likeness (QED) is 0.758. The highest BCUT2D eigenvalue weighted by molar-refractivity contribution is 5.95. The molecule has 0 saturated carbocycles. The van der Waals surface area contributed by atoms with Gasteiger partial charge in [-0.25, -0.2) is 0 Å². The van der Waals surface area contributed by atoms with Crippen LogP contribution in [0.25, 0.3) is 0 Å². The molecule has 0 bridgehead atoms. The van der Waals surface area contributed by atoms with E-state index in [1.807, 2.05) is 6.92 Å². The number of hydrogen-bond acceptors (Lipinski definition) is 4. The van der Waals surface area contributed by atoms with Crippen molar-refractivity contribution >= 4 is 11.8 Å². The average molecular weight is 360 g/mol. The number of nitrogens with zero attached hydrogens (tertiary/aromatic N) is 2. The van der Waals surface area contributed by atoms with Gasteiger partial charge in [0, 0.05) is 37.8 Å². The van der Waals surface area contributed by atoms with Crippen molar-refractivity contribution in [3.63, 3.8) is 0 Å². The molecule has 0 radical (unpaired) electrons. The van der Waals surface area contributed by atoms with Gasteiger partial charge in [-0.05, 0) is 31.0 Å². The first-order chi connectivity index (χ1) is 12.4. The van der Waals surface area contributed by atoms with Gasteiger partial charge in [0.1, 0.15) is 0 Å². The lowest BCUT2D eigenvalue weighted by atomic mass is 10.0. The number of piperazine rings is 1. The summed E-state index contributed by atoms with van der Waals surface area (Å²) >= 11 is 0. The first-order valence-corrected chi connectivity index (χ1v) is 8.85. The smallest absolute Gasteiger partial charge is 0.254 e. The third-order valence-electron chi connectivity index (χ3n) is 4.77. The van der Waals surface area contributed by atoms with Gasteiger partial charge in [0.2, 0.25) is 5.91 Å². The predicted octanol–water partition coefficient (Wildman–Crippen LogP) is 2.59. The molecule has 1 aliphatic heterocycles. The maximum absolute atomic E-state index is 12.7. The van der Waals surface area contributed by atoms with E-state index in [1.165, 1.54) is 0 Å². The Labute approximate surface area is 155 Å². The van der Waals surface area contributed by atoms with E-state index < -0.39 is 0 Å². The van der Waals surface area contributed by atoms with E-state index in [2.05, 4.69) is 13.8 Å². The van der Waals surface area contributed by atoms with Gasteiger partial charge in [0.15, 0.2) is 11.5 Å². The van der Waals surface area contributed by atoms with Crippen molar-refractivity contribution in [3.8, 4) is 11.5 Å². The highest BCUT2D eigenvalue weighted by Gasteiger charge is 2.25. The summed E-state index contributed by atoms with van der Waals surface area (Å²) in [6.07, 6.45) is 1.70. The number of hydrogen-bond donors (Lipinski definition) is 0. The van der Waals surface area contributed by atoms with Crippen molar-refractivity contribution in [1.82, 2.24) is 9.80 Å². The molecule has 0 aliphatic carbocycles. The zero-order valence-electron chi connectivity index (χ0n) is 16.2. The van der Waals surface area contributed by atoms with E-state index in [4.69, 9.17) is 9.47 Å². The largest absolute Gasteiger partial charge is 0.493 e. The van der Waals surface area contributed by atoms with E-state index in [9.17, 15) is 9.59 Å². The van der Waals surface area contributed by atoms with Crippen molar-refractivity contribution < 1.29 is 19.1 Å². The first-order valence-electron chi connectivity index (χ1n) is 8.85. The van der Waals surface area contributed by atoms with Crippen molar-refractivity contribution in [2.75, 3.05) is 40.4 Å². The number of carbonyl (C=O) groups excluding carboxylic acids is 2. The maximum atomic E-state index is 12.7. The van der Waals surface area contributed by atoms with Crippen LogP contribution in [0.3, 0.4) is 0 Å². The zero-order chi connectivity index (χ0) is 19.3. The first kappa shape index (κ1) is 19.8. The Morgan fingerprint density at radius 1 is 1.00 bits per heavy atom. The Balaban J connectivity index is 2.00. The average Bonchev–Trinajstić information content (AvgIpc) is 2.66. The molecule has 1 heterocycles. The summed E-state index contributed by atoms with van der Waals surface area (Å²) in [6.45, 7) is 8.23. The molecule has 0 N–H and O–H groups in total. The van der Waals surface area contributed by atoms with Gasteiger partial charge in [-0.3, -0.25) is 9.59 Å². The van der Waals surface area contributed by atoms with E-state index >= 15 is 0 Å². The molecule has 0 atom stereocenters. The topological polar surface area (TPSA) is 59.1 Å². The van der Waals surface area contributed by atoms with Gasteiger partial charge in [-0.1, -0.05) is 19.4 Å². The molecule has 0 aromatic heterocycles. The van der Waals surface area contributed by atoms with Crippen LogP contribution in [0.15, 0.2) is 29.8 Å². The van der Waals surface area contributed by atoms with E-state index in [0.29, 0.717) is 49.2 Å². The third-order valence-corrected chi connectivity index (χ3v) is 4.77. The summed E-state index contributed by atoms with van der Waals surface area (Å²) in [5.41, 5.74) is 1.62. The highest BCUT2D eigenvalue weighted by atomic mass is 16.5. The number of amides is 2. The normalized spacial score (nSPS) is 15.2. The van der Waals surface area contributed by atoms with Gasteiger partial charge < -0.3 is 19.3 Å². The monoisotopic (exact) mass is 360 g/mol. The molecule has 26 heavy (non-hydrogen) atoms. The lowest BCUT2D eigenvalue weighted by Gasteiger charge is -2.34. The molecule has 0 unspecified atom stereocenters. The van der Waals surface area contributed by atoms with E-state index in [-0.39, 0.29) is 11.8 Å². The molecule has 1 fully saturated rings. The van der Waals surface area contributed by atoms with E-state index in [1.54, 1.807) is 48.3 Å². The second kappa shape index (κ2) is 8.74. The Morgan fingerprint density at radius 3 is 2.12 bits per heavy atom. The molecule has 1 aliphatic rings. The van der Waals surface area contributed by atoms with E-state index in [0.717, 1.165) is 5.57 Å². The molecule has 1 saturated heterocycles. The lowest BCUT2D eigenvalue weighted by molar-refractivity contribution is -0.127. The van der Waals surface area contributed by atoms with Crippen LogP contribution in [0.4, 0.5) is 0 Å². The fraction of sp³-hybridized carbons (Fsp3) is 0.500. The van der Waals surface area contributed by atoms with Crippen LogP contribution in [0, 0.1) is 5.92 Å². The molecule has 1 aromatic carbocycles. The second-order valence-corrected chi connectivity index (χ2v) is 6.73. The fourth-order valence-corrected chi connectivity index (χ4v) is 2.73. The second-order valence-electron chi connectivity index (χ2n) is 6.73. The van der Waals surface area contributed by atoms with Gasteiger partial charge in [-0.15, -0.1) is 0 Å². The summed E-state index contributed by atoms with van der Waals surface area (Å²) in [5, 5.41) is 0. The summed E-state index contributed by atoms with van der Waals surface area (Å²) in [6, 6.07) is 5.15. The van der Waals surface area contributed by atoms with Crippen LogP contribution in [0.1, 0.15) is 31.1 Å². The lowest BCUT2D eigenvalue weighted by Crippen LogP contribution is -2.50. The van der Waals surface area contributed by atoms with Gasteiger partial charge in [0.05, 0.1) is 14.2 Å². The van der Waals surface area contributed by atoms with Crippen molar-refractivity contribution in [1.29, 1.82) is 0 Å². The minimum Gasteiger partial charge on any atom is -0.493 e. The molecule has 1 aromatic rings. The Hall–Kier alpha value is -2.50. The molecule has 142 valence electrons. The summed E-state index contributed by atoms with van der Waals surface area (Å²) in [7, 11) is 3.11. The molecular weight excluding hydrogens is 332 g/mol. The van der Waals surface area contributed by atoms with Gasteiger partial charge >= 0.3 is 0 Å². The third kappa shape index (κ3) is 4.56. The van der Waals surface area contributed by atoms with Gasteiger partial charge in [0.25, 0.3) is 5.91 Å². The highest BCUT2D eigenvalue weighted by Crippen LogP contribution is 2.28. The zero-order valence-corrected chi connectivity index (χ0v) is 16.2. The summed E-state index contributed by atoms with van der Waals surface area (Å²) in [4.78, 5) is 28.6. The SMILES string of the molecule is COc1ccc(C(=O)N2CCN(C(=O)/C=C(\C)C(C)C)CC2)cc1OC. The van der Waals surface area contributed by atoms with Crippen LogP contribution < -0.4 is 9.47 Å². The molecular formula is C20H28N2O4. The molecule has 2 rings (SSSR count). The Morgan fingerprint density at radius 2 is 1.58 bits per heavy atom. The Bertz CT molecular complexity index is 689. The molecule has 6 heteroatoms. The standard InChI is InChI=1S/C20H28N2O4/c1-14(2)15(3)12-19(23)21-8-10-22(11-9-21)20(24)16-6-7-17(25-4)18(13-16)26-5/h6-7,12-14H,8-11H2,1-5H3/b15-12+. The maximum Gasteiger partial charge on any atom is 0.254 e. The number of methoxy groups -OCH3 is 2.